The van der Waals surface area contributed by atoms with Crippen LogP contribution in [0.15, 0.2) is 64.3 Å². The Bertz CT molecular complexity index is 1570. The number of benzene rings is 2. The van der Waals surface area contributed by atoms with E-state index in [1.54, 1.807) is 29.8 Å². The Kier molecular flexibility index (Phi) is 3.79. The van der Waals surface area contributed by atoms with Crippen LogP contribution in [-0.2, 0) is 14.1 Å². The van der Waals surface area contributed by atoms with Crippen LogP contribution in [0.3, 0.4) is 0 Å². The number of aryl methyl sites for hydroxylation is 2. The van der Waals surface area contributed by atoms with Gasteiger partial charge in [0.2, 0.25) is 5.78 Å². The second-order valence-corrected chi connectivity index (χ2v) is 7.30. The van der Waals surface area contributed by atoms with E-state index in [0.29, 0.717) is 16.9 Å². The third kappa shape index (κ3) is 2.40. The summed E-state index contributed by atoms with van der Waals surface area (Å²) in [6, 6.07) is 14.0. The summed E-state index contributed by atoms with van der Waals surface area (Å²) < 4.78 is 19.6. The summed E-state index contributed by atoms with van der Waals surface area (Å²) in [6.45, 7) is 1.98. The first-order valence-electron chi connectivity index (χ1n) is 9.40. The van der Waals surface area contributed by atoms with Gasteiger partial charge in [0.15, 0.2) is 11.2 Å². The first kappa shape index (κ1) is 18.1. The van der Waals surface area contributed by atoms with E-state index in [-0.39, 0.29) is 5.82 Å². The lowest BCUT2D eigenvalue weighted by molar-refractivity contribution is 0.628. The van der Waals surface area contributed by atoms with Crippen molar-refractivity contribution in [2.45, 2.75) is 6.92 Å². The van der Waals surface area contributed by atoms with Crippen molar-refractivity contribution in [2.24, 2.45) is 14.1 Å². The molecular weight excluding hydrogens is 385 g/mol. The predicted molar refractivity (Wildman–Crippen MR) is 113 cm³/mol. The molecule has 0 N–H and O–H groups in total. The maximum Gasteiger partial charge on any atom is 0.332 e. The van der Waals surface area contributed by atoms with E-state index in [9.17, 15) is 14.0 Å². The van der Waals surface area contributed by atoms with Gasteiger partial charge in [-0.2, -0.15) is 4.98 Å². The fraction of sp³-hybridized carbons (Fsp3) is 0.136. The molecule has 150 valence electrons. The second-order valence-electron chi connectivity index (χ2n) is 7.30. The number of nitrogens with zero attached hydrogens (tertiary/aromatic N) is 5. The van der Waals surface area contributed by atoms with Gasteiger partial charge >= 0.3 is 5.69 Å². The fourth-order valence-electron chi connectivity index (χ4n) is 3.85. The molecule has 3 aromatic heterocycles. The maximum atomic E-state index is 13.5. The van der Waals surface area contributed by atoms with E-state index in [0.717, 1.165) is 27.1 Å². The van der Waals surface area contributed by atoms with Gasteiger partial charge in [-0.15, -0.1) is 0 Å². The van der Waals surface area contributed by atoms with Crippen molar-refractivity contribution in [3.63, 3.8) is 0 Å². The van der Waals surface area contributed by atoms with Gasteiger partial charge in [-0.25, -0.2) is 9.18 Å². The van der Waals surface area contributed by atoms with E-state index < -0.39 is 11.2 Å². The average molecular weight is 403 g/mol. The molecule has 0 spiro atoms. The van der Waals surface area contributed by atoms with E-state index >= 15 is 0 Å². The second kappa shape index (κ2) is 6.28. The van der Waals surface area contributed by atoms with E-state index in [4.69, 9.17) is 0 Å². The molecule has 30 heavy (non-hydrogen) atoms. The minimum atomic E-state index is -0.436. The van der Waals surface area contributed by atoms with Gasteiger partial charge in [0.05, 0.1) is 11.4 Å². The molecule has 8 heteroatoms. The van der Waals surface area contributed by atoms with Crippen molar-refractivity contribution in [1.29, 1.82) is 0 Å². The Labute approximate surface area is 169 Å². The molecule has 7 nitrogen and oxygen atoms in total. The first-order chi connectivity index (χ1) is 14.4. The minimum absolute atomic E-state index is 0.310. The number of aromatic nitrogens is 5. The van der Waals surface area contributed by atoms with Crippen LogP contribution in [0.5, 0.6) is 0 Å². The van der Waals surface area contributed by atoms with Crippen molar-refractivity contribution in [1.82, 2.24) is 23.1 Å². The van der Waals surface area contributed by atoms with E-state index in [1.165, 1.54) is 23.7 Å². The van der Waals surface area contributed by atoms with Crippen molar-refractivity contribution < 1.29 is 4.39 Å². The summed E-state index contributed by atoms with van der Waals surface area (Å²) in [5, 5.41) is 0. The van der Waals surface area contributed by atoms with Gasteiger partial charge in [0.1, 0.15) is 5.82 Å². The zero-order valence-electron chi connectivity index (χ0n) is 16.6. The van der Waals surface area contributed by atoms with Crippen LogP contribution < -0.4 is 11.2 Å². The van der Waals surface area contributed by atoms with Gasteiger partial charge in [-0.1, -0.05) is 18.2 Å². The number of hydrogen-bond donors (Lipinski definition) is 0. The molecule has 0 aliphatic heterocycles. The van der Waals surface area contributed by atoms with Gasteiger partial charge in [0, 0.05) is 25.9 Å². The van der Waals surface area contributed by atoms with Gasteiger partial charge in [0.25, 0.3) is 5.56 Å². The van der Waals surface area contributed by atoms with Crippen LogP contribution in [0.4, 0.5) is 4.39 Å². The summed E-state index contributed by atoms with van der Waals surface area (Å²) in [5.41, 5.74) is 3.18. The Morgan fingerprint density at radius 1 is 0.933 bits per heavy atom. The molecule has 5 aromatic rings. The summed E-state index contributed by atoms with van der Waals surface area (Å²) >= 11 is 0. The van der Waals surface area contributed by atoms with Crippen LogP contribution in [0.2, 0.25) is 0 Å². The quantitative estimate of drug-likeness (QED) is 0.455. The number of para-hydroxylation sites is 1. The lowest BCUT2D eigenvalue weighted by Gasteiger charge is -2.11. The van der Waals surface area contributed by atoms with Crippen LogP contribution in [0, 0.1) is 12.7 Å². The summed E-state index contributed by atoms with van der Waals surface area (Å²) in [7, 11) is 3.04. The molecular formula is C22H18FN5O2. The Morgan fingerprint density at radius 2 is 1.63 bits per heavy atom. The summed E-state index contributed by atoms with van der Waals surface area (Å²) in [4.78, 5) is 29.9. The molecule has 0 aliphatic rings. The molecule has 0 saturated heterocycles. The third-order valence-corrected chi connectivity index (χ3v) is 5.46. The fourth-order valence-corrected chi connectivity index (χ4v) is 3.85. The number of fused-ring (bicyclic) bond motifs is 3. The molecule has 0 aliphatic carbocycles. The zero-order chi connectivity index (χ0) is 21.2. The molecule has 0 amide bonds. The summed E-state index contributed by atoms with van der Waals surface area (Å²) in [5.74, 6) is 0.170. The number of hydrogen-bond acceptors (Lipinski definition) is 3. The molecule has 5 rings (SSSR count). The maximum absolute atomic E-state index is 13.5. The Morgan fingerprint density at radius 3 is 2.33 bits per heavy atom. The number of halogens is 1. The first-order valence-corrected chi connectivity index (χ1v) is 9.40. The monoisotopic (exact) mass is 403 g/mol. The predicted octanol–water partition coefficient (Wildman–Crippen LogP) is 2.79. The molecule has 0 bridgehead atoms. The highest BCUT2D eigenvalue weighted by molar-refractivity contribution is 5.79. The van der Waals surface area contributed by atoms with Crippen LogP contribution in [-0.4, -0.2) is 23.1 Å². The lowest BCUT2D eigenvalue weighted by atomic mass is 10.1. The highest BCUT2D eigenvalue weighted by Gasteiger charge is 2.22. The normalized spacial score (nSPS) is 11.6. The summed E-state index contributed by atoms with van der Waals surface area (Å²) in [6.07, 6.45) is 1.80. The standard InChI is InChI=1S/C22H18FN5O2/c1-13-6-4-5-7-16(13)28-17(14-8-10-15(23)11-9-14)12-27-18-19(24-21(27)28)25(2)22(30)26(3)20(18)29/h4-12H,1-3H3. The smallest absolute Gasteiger partial charge is 0.279 e. The SMILES string of the molecule is Cc1ccccc1-n1c(-c2ccc(F)cc2)cn2c3c(=O)n(C)c(=O)n(C)c3nc12. The minimum Gasteiger partial charge on any atom is -0.279 e. The van der Waals surface area contributed by atoms with Crippen molar-refractivity contribution in [2.75, 3.05) is 0 Å². The number of imidazole rings is 2. The molecule has 2 aromatic carbocycles. The number of rotatable bonds is 2. The topological polar surface area (TPSA) is 66.2 Å². The Balaban J connectivity index is 1.99. The van der Waals surface area contributed by atoms with Crippen LogP contribution in [0.25, 0.3) is 33.9 Å². The van der Waals surface area contributed by atoms with Crippen molar-refractivity contribution in [3.05, 3.63) is 86.9 Å². The van der Waals surface area contributed by atoms with Crippen molar-refractivity contribution >= 4 is 16.9 Å². The Hall–Kier alpha value is -3.94. The molecule has 0 radical (unpaired) electrons. The van der Waals surface area contributed by atoms with Gasteiger partial charge in [-0.05, 0) is 42.8 Å². The average Bonchev–Trinajstić information content (AvgIpc) is 3.28. The zero-order valence-corrected chi connectivity index (χ0v) is 16.6. The molecule has 0 unspecified atom stereocenters. The lowest BCUT2D eigenvalue weighted by Crippen LogP contribution is -2.37. The third-order valence-electron chi connectivity index (χ3n) is 5.46. The molecule has 0 saturated carbocycles. The highest BCUT2D eigenvalue weighted by Crippen LogP contribution is 2.30. The molecule has 0 fully saturated rings. The van der Waals surface area contributed by atoms with Gasteiger partial charge in [-0.3, -0.25) is 22.9 Å². The van der Waals surface area contributed by atoms with Crippen LogP contribution >= 0.6 is 0 Å². The molecule has 3 heterocycles. The van der Waals surface area contributed by atoms with E-state index in [1.807, 2.05) is 35.8 Å². The largest absolute Gasteiger partial charge is 0.332 e. The highest BCUT2D eigenvalue weighted by atomic mass is 19.1. The van der Waals surface area contributed by atoms with E-state index in [2.05, 4.69) is 4.98 Å². The van der Waals surface area contributed by atoms with Crippen molar-refractivity contribution in [3.8, 4) is 16.9 Å². The van der Waals surface area contributed by atoms with Crippen LogP contribution in [0.1, 0.15) is 5.56 Å². The van der Waals surface area contributed by atoms with Gasteiger partial charge < -0.3 is 0 Å². The molecule has 0 atom stereocenters.